The summed E-state index contributed by atoms with van der Waals surface area (Å²) in [4.78, 5) is 2.34. The molecule has 0 aliphatic heterocycles. The van der Waals surface area contributed by atoms with Gasteiger partial charge in [-0.15, -0.1) is 0 Å². The van der Waals surface area contributed by atoms with Crippen LogP contribution in [-0.4, -0.2) is 31.6 Å². The topological polar surface area (TPSA) is 15.3 Å². The number of hydrogen-bond acceptors (Lipinski definition) is 3. The average Bonchev–Trinajstić information content (AvgIpc) is 2.39. The van der Waals surface area contributed by atoms with Crippen LogP contribution in [0.2, 0.25) is 0 Å². The molecule has 0 aliphatic rings. The van der Waals surface area contributed by atoms with Crippen molar-refractivity contribution in [2.45, 2.75) is 32.9 Å². The van der Waals surface area contributed by atoms with Crippen molar-refractivity contribution in [3.8, 4) is 0 Å². The summed E-state index contributed by atoms with van der Waals surface area (Å²) in [5.41, 5.74) is 2.59. The molecule has 0 aromatic heterocycles. The third kappa shape index (κ3) is 5.36. The van der Waals surface area contributed by atoms with Crippen LogP contribution in [-0.2, 0) is 6.54 Å². The van der Waals surface area contributed by atoms with E-state index in [1.807, 2.05) is 11.8 Å². The lowest BCUT2D eigenvalue weighted by Gasteiger charge is -2.27. The summed E-state index contributed by atoms with van der Waals surface area (Å²) >= 11 is 5.59. The minimum atomic E-state index is 0.537. The monoisotopic (exact) mass is 344 g/mol. The summed E-state index contributed by atoms with van der Waals surface area (Å²) in [7, 11) is 2.16. The van der Waals surface area contributed by atoms with Gasteiger partial charge in [-0.05, 0) is 59.8 Å². The third-order valence-corrected chi connectivity index (χ3v) is 4.67. The fraction of sp³-hybridized carbons (Fsp3) is 0.600. The minimum absolute atomic E-state index is 0.537. The largest absolute Gasteiger partial charge is 0.370 e. The molecule has 0 spiro atoms. The first-order chi connectivity index (χ1) is 9.10. The minimum Gasteiger partial charge on any atom is -0.370 e. The molecule has 0 aliphatic carbocycles. The molecule has 1 unspecified atom stereocenters. The van der Waals surface area contributed by atoms with Gasteiger partial charge in [0, 0.05) is 29.9 Å². The lowest BCUT2D eigenvalue weighted by Crippen LogP contribution is -2.31. The van der Waals surface area contributed by atoms with E-state index >= 15 is 0 Å². The van der Waals surface area contributed by atoms with E-state index in [-0.39, 0.29) is 0 Å². The van der Waals surface area contributed by atoms with Crippen LogP contribution in [0.15, 0.2) is 22.7 Å². The summed E-state index contributed by atoms with van der Waals surface area (Å²) in [5.74, 6) is 1.14. The predicted octanol–water partition coefficient (Wildman–Crippen LogP) is 4.14. The van der Waals surface area contributed by atoms with Crippen LogP contribution in [0, 0.1) is 0 Å². The van der Waals surface area contributed by atoms with Gasteiger partial charge in [0.1, 0.15) is 0 Å². The Balaban J connectivity index is 2.70. The van der Waals surface area contributed by atoms with Gasteiger partial charge in [0.15, 0.2) is 0 Å². The Morgan fingerprint density at radius 1 is 1.42 bits per heavy atom. The molecule has 1 aromatic carbocycles. The van der Waals surface area contributed by atoms with Gasteiger partial charge in [0.2, 0.25) is 0 Å². The van der Waals surface area contributed by atoms with Crippen molar-refractivity contribution in [3.05, 3.63) is 28.2 Å². The van der Waals surface area contributed by atoms with Gasteiger partial charge in [0.05, 0.1) is 5.69 Å². The molecule has 4 heteroatoms. The molecule has 2 nitrogen and oxygen atoms in total. The van der Waals surface area contributed by atoms with Crippen LogP contribution in [0.25, 0.3) is 0 Å². The first-order valence-corrected chi connectivity index (χ1v) is 8.99. The van der Waals surface area contributed by atoms with Crippen molar-refractivity contribution in [1.29, 1.82) is 0 Å². The van der Waals surface area contributed by atoms with Gasteiger partial charge < -0.3 is 10.2 Å². The lowest BCUT2D eigenvalue weighted by atomic mass is 10.2. The Hall–Kier alpha value is -0.190. The predicted molar refractivity (Wildman–Crippen MR) is 92.4 cm³/mol. The van der Waals surface area contributed by atoms with E-state index in [2.05, 4.69) is 71.5 Å². The molecular weight excluding hydrogens is 320 g/mol. The molecule has 0 heterocycles. The highest BCUT2D eigenvalue weighted by molar-refractivity contribution is 9.10. The molecule has 0 bridgehead atoms. The van der Waals surface area contributed by atoms with Crippen LogP contribution < -0.4 is 10.2 Å². The number of rotatable bonds is 8. The molecule has 0 saturated carbocycles. The van der Waals surface area contributed by atoms with E-state index in [0.29, 0.717) is 6.04 Å². The van der Waals surface area contributed by atoms with E-state index in [1.165, 1.54) is 22.1 Å². The fourth-order valence-electron chi connectivity index (χ4n) is 1.95. The summed E-state index contributed by atoms with van der Waals surface area (Å²) in [6.07, 6.45) is 3.33. The Morgan fingerprint density at radius 2 is 2.16 bits per heavy atom. The van der Waals surface area contributed by atoms with Crippen molar-refractivity contribution in [2.75, 3.05) is 30.5 Å². The molecule has 1 N–H and O–H groups in total. The molecule has 0 fully saturated rings. The molecule has 19 heavy (non-hydrogen) atoms. The van der Waals surface area contributed by atoms with Gasteiger partial charge in [-0.25, -0.2) is 0 Å². The summed E-state index contributed by atoms with van der Waals surface area (Å²) in [6, 6.07) is 7.19. The van der Waals surface area contributed by atoms with E-state index in [9.17, 15) is 0 Å². The van der Waals surface area contributed by atoms with Gasteiger partial charge in [-0.3, -0.25) is 0 Å². The van der Waals surface area contributed by atoms with E-state index in [1.54, 1.807) is 0 Å². The number of halogens is 1. The smallest absolute Gasteiger partial charge is 0.0510 e. The van der Waals surface area contributed by atoms with Crippen LogP contribution in [0.1, 0.15) is 25.8 Å². The number of hydrogen-bond donors (Lipinski definition) is 1. The van der Waals surface area contributed by atoms with Gasteiger partial charge in [-0.2, -0.15) is 11.8 Å². The number of nitrogens with one attached hydrogen (secondary N) is 1. The Bertz CT molecular complexity index is 384. The van der Waals surface area contributed by atoms with E-state index < -0.39 is 0 Å². The number of thioether (sulfide) groups is 1. The second-order valence-corrected chi connectivity index (χ2v) is 6.64. The maximum absolute atomic E-state index is 3.70. The quantitative estimate of drug-likeness (QED) is 0.713. The summed E-state index contributed by atoms with van der Waals surface area (Å²) < 4.78 is 1.18. The fourth-order valence-corrected chi connectivity index (χ4v) is 3.36. The molecular formula is C15H25BrN2S. The second kappa shape index (κ2) is 8.88. The lowest BCUT2D eigenvalue weighted by molar-refractivity contribution is 0.675. The van der Waals surface area contributed by atoms with Crippen LogP contribution in [0.5, 0.6) is 0 Å². The molecule has 0 saturated heterocycles. The van der Waals surface area contributed by atoms with Gasteiger partial charge >= 0.3 is 0 Å². The van der Waals surface area contributed by atoms with Crippen molar-refractivity contribution in [1.82, 2.24) is 5.32 Å². The zero-order chi connectivity index (χ0) is 14.3. The number of benzene rings is 1. The first kappa shape index (κ1) is 16.9. The maximum Gasteiger partial charge on any atom is 0.0510 e. The van der Waals surface area contributed by atoms with Gasteiger partial charge in [0.25, 0.3) is 0 Å². The number of nitrogens with zero attached hydrogens (tertiary/aromatic N) is 1. The Morgan fingerprint density at radius 3 is 2.74 bits per heavy atom. The molecule has 1 atom stereocenters. The van der Waals surface area contributed by atoms with Gasteiger partial charge in [-0.1, -0.05) is 13.0 Å². The van der Waals surface area contributed by atoms with Crippen LogP contribution >= 0.6 is 27.7 Å². The molecule has 0 radical (unpaired) electrons. The average molecular weight is 345 g/mol. The Labute approximate surface area is 130 Å². The highest BCUT2D eigenvalue weighted by Crippen LogP contribution is 2.28. The molecule has 1 aromatic rings. The van der Waals surface area contributed by atoms with E-state index in [4.69, 9.17) is 0 Å². The van der Waals surface area contributed by atoms with Crippen molar-refractivity contribution in [3.63, 3.8) is 0 Å². The van der Waals surface area contributed by atoms with Crippen LogP contribution in [0.3, 0.4) is 0 Å². The summed E-state index contributed by atoms with van der Waals surface area (Å²) in [5, 5.41) is 3.43. The maximum atomic E-state index is 3.70. The normalized spacial score (nSPS) is 12.5. The zero-order valence-electron chi connectivity index (χ0n) is 12.4. The highest BCUT2D eigenvalue weighted by Gasteiger charge is 2.12. The first-order valence-electron chi connectivity index (χ1n) is 6.81. The van der Waals surface area contributed by atoms with Crippen molar-refractivity contribution in [2.24, 2.45) is 0 Å². The molecule has 0 amide bonds. The van der Waals surface area contributed by atoms with Crippen molar-refractivity contribution >= 4 is 33.4 Å². The summed E-state index contributed by atoms with van der Waals surface area (Å²) in [6.45, 7) is 6.47. The van der Waals surface area contributed by atoms with E-state index in [0.717, 1.165) is 18.8 Å². The molecule has 108 valence electrons. The zero-order valence-corrected chi connectivity index (χ0v) is 14.8. The highest BCUT2D eigenvalue weighted by atomic mass is 79.9. The third-order valence-electron chi connectivity index (χ3n) is 3.22. The number of anilines is 1. The standard InChI is InChI=1S/C15H25BrN2S/c1-5-8-17-10-13-6-7-15(14(16)9-13)18(3)12(2)11-19-4/h6-7,9,12,17H,5,8,10-11H2,1-4H3. The van der Waals surface area contributed by atoms with Crippen molar-refractivity contribution < 1.29 is 0 Å². The van der Waals surface area contributed by atoms with Crippen LogP contribution in [0.4, 0.5) is 5.69 Å². The molecule has 1 rings (SSSR count). The SMILES string of the molecule is CCCNCc1ccc(N(C)C(C)CSC)c(Br)c1. The Kier molecular flexibility index (Phi) is 7.88. The second-order valence-electron chi connectivity index (χ2n) is 4.88.